The molecule has 0 aliphatic carbocycles. The molecule has 1 N–H and O–H groups in total. The van der Waals surface area contributed by atoms with Gasteiger partial charge in [0.05, 0.1) is 10.5 Å². The molecule has 148 valence electrons. The zero-order valence-electron chi connectivity index (χ0n) is 15.2. The minimum Gasteiger partial charge on any atom is -0.303 e. The first-order valence-corrected chi connectivity index (χ1v) is 10.5. The quantitative estimate of drug-likeness (QED) is 0.719. The van der Waals surface area contributed by atoms with Crippen LogP contribution in [-0.4, -0.2) is 39.5 Å². The molecule has 2 atom stereocenters. The third-order valence-electron chi connectivity index (χ3n) is 4.61. The summed E-state index contributed by atoms with van der Waals surface area (Å²) in [6.07, 6.45) is -1.82. The van der Waals surface area contributed by atoms with E-state index in [9.17, 15) is 21.6 Å². The van der Waals surface area contributed by atoms with Crippen LogP contribution in [0.1, 0.15) is 38.7 Å². The fraction of sp³-hybridized carbons (Fsp3) is 0.667. The number of benzene rings is 1. The standard InChI is InChI=1S/C18H27F3N2O2S/c1-14-10-15(2)13-23(12-14)9-4-3-8-22-26(24,25)17-7-5-6-16(11-17)18(19,20)21/h5-7,11,14-15,22H,3-4,8-10,12-13H2,1-2H3. The van der Waals surface area contributed by atoms with Gasteiger partial charge in [0.25, 0.3) is 0 Å². The van der Waals surface area contributed by atoms with Crippen molar-refractivity contribution in [1.82, 2.24) is 9.62 Å². The van der Waals surface area contributed by atoms with E-state index in [-0.39, 0.29) is 11.4 Å². The van der Waals surface area contributed by atoms with Crippen LogP contribution < -0.4 is 4.72 Å². The zero-order valence-corrected chi connectivity index (χ0v) is 16.0. The van der Waals surface area contributed by atoms with Crippen molar-refractivity contribution in [3.05, 3.63) is 29.8 Å². The molecule has 2 unspecified atom stereocenters. The molecule has 1 saturated heterocycles. The van der Waals surface area contributed by atoms with Gasteiger partial charge in [-0.1, -0.05) is 19.9 Å². The van der Waals surface area contributed by atoms with E-state index in [1.54, 1.807) is 0 Å². The molecule has 0 saturated carbocycles. The minimum absolute atomic E-state index is 0.220. The van der Waals surface area contributed by atoms with Gasteiger partial charge < -0.3 is 4.90 Å². The predicted molar refractivity (Wildman–Crippen MR) is 95.3 cm³/mol. The molecule has 8 heteroatoms. The molecule has 0 aromatic heterocycles. The average molecular weight is 392 g/mol. The molecule has 0 bridgehead atoms. The van der Waals surface area contributed by atoms with Gasteiger partial charge in [0.15, 0.2) is 0 Å². The summed E-state index contributed by atoms with van der Waals surface area (Å²) in [5.74, 6) is 1.36. The normalized spacial score (nSPS) is 22.5. The second kappa shape index (κ2) is 8.71. The summed E-state index contributed by atoms with van der Waals surface area (Å²) in [6.45, 7) is 7.76. The van der Waals surface area contributed by atoms with Crippen molar-refractivity contribution in [2.24, 2.45) is 11.8 Å². The Hall–Kier alpha value is -1.12. The number of rotatable bonds is 7. The van der Waals surface area contributed by atoms with Crippen LogP contribution in [0.15, 0.2) is 29.2 Å². The second-order valence-electron chi connectivity index (χ2n) is 7.34. The summed E-state index contributed by atoms with van der Waals surface area (Å²) in [7, 11) is -3.93. The van der Waals surface area contributed by atoms with Crippen LogP contribution >= 0.6 is 0 Å². The smallest absolute Gasteiger partial charge is 0.303 e. The lowest BCUT2D eigenvalue weighted by Gasteiger charge is -2.34. The van der Waals surface area contributed by atoms with Crippen molar-refractivity contribution < 1.29 is 21.6 Å². The van der Waals surface area contributed by atoms with Crippen LogP contribution in [0.4, 0.5) is 13.2 Å². The predicted octanol–water partition coefficient (Wildman–Crippen LogP) is 3.74. The highest BCUT2D eigenvalue weighted by molar-refractivity contribution is 7.89. The lowest BCUT2D eigenvalue weighted by Crippen LogP contribution is -2.39. The molecule has 1 fully saturated rings. The van der Waals surface area contributed by atoms with E-state index in [4.69, 9.17) is 0 Å². The van der Waals surface area contributed by atoms with Crippen LogP contribution in [0.2, 0.25) is 0 Å². The highest BCUT2D eigenvalue weighted by Crippen LogP contribution is 2.30. The van der Waals surface area contributed by atoms with Crippen LogP contribution in [0.25, 0.3) is 0 Å². The monoisotopic (exact) mass is 392 g/mol. The van der Waals surface area contributed by atoms with Gasteiger partial charge in [-0.05, 0) is 55.8 Å². The van der Waals surface area contributed by atoms with Crippen LogP contribution in [0.3, 0.4) is 0 Å². The molecule has 1 aliphatic heterocycles. The van der Waals surface area contributed by atoms with Gasteiger partial charge >= 0.3 is 6.18 Å². The summed E-state index contributed by atoms with van der Waals surface area (Å²) in [6, 6.07) is 3.81. The van der Waals surface area contributed by atoms with Gasteiger partial charge in [0.2, 0.25) is 10.0 Å². The van der Waals surface area contributed by atoms with Crippen molar-refractivity contribution in [3.63, 3.8) is 0 Å². The molecule has 26 heavy (non-hydrogen) atoms. The Morgan fingerprint density at radius 3 is 2.42 bits per heavy atom. The molecule has 0 amide bonds. The molecular formula is C18H27F3N2O2S. The summed E-state index contributed by atoms with van der Waals surface area (Å²) in [5.41, 5.74) is -0.964. The van der Waals surface area contributed by atoms with Crippen molar-refractivity contribution in [2.75, 3.05) is 26.2 Å². The van der Waals surface area contributed by atoms with Crippen molar-refractivity contribution in [3.8, 4) is 0 Å². The summed E-state index contributed by atoms with van der Waals surface area (Å²) < 4.78 is 64.9. The Balaban J connectivity index is 1.80. The zero-order chi connectivity index (χ0) is 19.4. The number of alkyl halides is 3. The van der Waals surface area contributed by atoms with E-state index in [1.165, 1.54) is 12.5 Å². The fourth-order valence-electron chi connectivity index (χ4n) is 3.56. The van der Waals surface area contributed by atoms with Gasteiger partial charge in [0.1, 0.15) is 0 Å². The maximum atomic E-state index is 12.7. The number of nitrogens with zero attached hydrogens (tertiary/aromatic N) is 1. The molecule has 2 rings (SSSR count). The first-order chi connectivity index (χ1) is 12.1. The average Bonchev–Trinajstić information content (AvgIpc) is 2.53. The maximum absolute atomic E-state index is 12.7. The lowest BCUT2D eigenvalue weighted by molar-refractivity contribution is -0.137. The fourth-order valence-corrected chi connectivity index (χ4v) is 4.68. The third kappa shape index (κ3) is 6.25. The Bertz CT molecular complexity index is 682. The third-order valence-corrected chi connectivity index (χ3v) is 6.07. The van der Waals surface area contributed by atoms with Gasteiger partial charge in [0, 0.05) is 19.6 Å². The Kier molecular flexibility index (Phi) is 7.10. The second-order valence-corrected chi connectivity index (χ2v) is 9.10. The summed E-state index contributed by atoms with van der Waals surface area (Å²) >= 11 is 0. The summed E-state index contributed by atoms with van der Waals surface area (Å²) in [4.78, 5) is 2.05. The van der Waals surface area contributed by atoms with Crippen molar-refractivity contribution in [1.29, 1.82) is 0 Å². The minimum atomic E-state index is -4.56. The molecular weight excluding hydrogens is 365 g/mol. The van der Waals surface area contributed by atoms with Crippen LogP contribution in [-0.2, 0) is 16.2 Å². The van der Waals surface area contributed by atoms with Crippen molar-refractivity contribution in [2.45, 2.75) is 44.2 Å². The largest absolute Gasteiger partial charge is 0.416 e. The Labute approximate surface area is 153 Å². The number of hydrogen-bond donors (Lipinski definition) is 1. The Morgan fingerprint density at radius 2 is 1.81 bits per heavy atom. The first kappa shape index (κ1) is 21.2. The number of nitrogens with one attached hydrogen (secondary N) is 1. The van der Waals surface area contributed by atoms with E-state index in [1.807, 2.05) is 0 Å². The molecule has 1 aromatic carbocycles. The molecule has 1 heterocycles. The van der Waals surface area contributed by atoms with E-state index in [0.29, 0.717) is 24.3 Å². The molecule has 0 spiro atoms. The van der Waals surface area contributed by atoms with E-state index in [0.717, 1.165) is 38.2 Å². The van der Waals surface area contributed by atoms with E-state index in [2.05, 4.69) is 23.5 Å². The molecule has 0 radical (unpaired) electrons. The molecule has 1 aliphatic rings. The maximum Gasteiger partial charge on any atom is 0.416 e. The van der Waals surface area contributed by atoms with Gasteiger partial charge in [-0.3, -0.25) is 0 Å². The SMILES string of the molecule is CC1CC(C)CN(CCCCNS(=O)(=O)c2cccc(C(F)(F)F)c2)C1. The molecule has 4 nitrogen and oxygen atoms in total. The topological polar surface area (TPSA) is 49.4 Å². The van der Waals surface area contributed by atoms with Crippen LogP contribution in [0, 0.1) is 11.8 Å². The first-order valence-electron chi connectivity index (χ1n) is 8.97. The van der Waals surface area contributed by atoms with Crippen molar-refractivity contribution >= 4 is 10.0 Å². The number of hydrogen-bond acceptors (Lipinski definition) is 3. The highest BCUT2D eigenvalue weighted by Gasteiger charge is 2.31. The lowest BCUT2D eigenvalue weighted by atomic mass is 9.92. The number of piperidine rings is 1. The van der Waals surface area contributed by atoms with E-state index < -0.39 is 21.8 Å². The number of halogens is 3. The Morgan fingerprint density at radius 1 is 1.15 bits per heavy atom. The number of unbranched alkanes of at least 4 members (excludes halogenated alkanes) is 1. The highest BCUT2D eigenvalue weighted by atomic mass is 32.2. The number of likely N-dealkylation sites (tertiary alicyclic amines) is 1. The van der Waals surface area contributed by atoms with Crippen LogP contribution in [0.5, 0.6) is 0 Å². The van der Waals surface area contributed by atoms with Gasteiger partial charge in [-0.15, -0.1) is 0 Å². The summed E-state index contributed by atoms with van der Waals surface area (Å²) in [5, 5.41) is 0. The number of sulfonamides is 1. The van der Waals surface area contributed by atoms with Gasteiger partial charge in [-0.25, -0.2) is 13.1 Å². The molecule has 1 aromatic rings. The van der Waals surface area contributed by atoms with Gasteiger partial charge in [-0.2, -0.15) is 13.2 Å². The van der Waals surface area contributed by atoms with E-state index >= 15 is 0 Å².